The van der Waals surface area contributed by atoms with Crippen molar-refractivity contribution in [2.24, 2.45) is 0 Å². The zero-order valence-electron chi connectivity index (χ0n) is 3.60. The van der Waals surface area contributed by atoms with Gasteiger partial charge in [-0.1, -0.05) is 15.9 Å². The monoisotopic (exact) mass is 167 g/mol. The van der Waals surface area contributed by atoms with Crippen LogP contribution in [0, 0.1) is 0 Å². The fraction of sp³-hybridized carbons (Fsp3) is 0.667. The first-order chi connectivity index (χ1) is 3.31. The fourth-order valence-electron chi connectivity index (χ4n) is 0.127. The van der Waals surface area contributed by atoms with Gasteiger partial charge in [0, 0.05) is 0 Å². The van der Waals surface area contributed by atoms with E-state index in [2.05, 4.69) is 21.2 Å². The summed E-state index contributed by atoms with van der Waals surface area (Å²) in [5, 5.41) is 10.5. The van der Waals surface area contributed by atoms with Crippen molar-refractivity contribution in [3.8, 4) is 0 Å². The number of alkyl halides is 1. The van der Waals surface area contributed by atoms with Crippen molar-refractivity contribution in [3.05, 3.63) is 0 Å². The summed E-state index contributed by atoms with van der Waals surface area (Å²) in [5.41, 5.74) is 0. The summed E-state index contributed by atoms with van der Waals surface area (Å²) in [6.45, 7) is -0.0846. The zero-order chi connectivity index (χ0) is 5.70. The first kappa shape index (κ1) is 6.91. The van der Waals surface area contributed by atoms with E-state index < -0.39 is 0 Å². The first-order valence-corrected chi connectivity index (χ1v) is 2.67. The Morgan fingerprint density at radius 1 is 2.00 bits per heavy atom. The van der Waals surface area contributed by atoms with Gasteiger partial charge in [-0.25, -0.2) is 0 Å². The van der Waals surface area contributed by atoms with Gasteiger partial charge in [-0.2, -0.15) is 0 Å². The molecule has 4 heteroatoms. The third-order valence-corrected chi connectivity index (χ3v) is 0.963. The molecule has 0 bridgehead atoms. The van der Waals surface area contributed by atoms with Crippen LogP contribution < -0.4 is 5.32 Å². The Kier molecular flexibility index (Phi) is 4.03. The Bertz CT molecular complexity index is 58.9. The van der Waals surface area contributed by atoms with Crippen LogP contribution in [0.15, 0.2) is 0 Å². The number of carbonyl (C=O) groups excluding carboxylic acids is 1. The number of nitrogens with one attached hydrogen (secondary N) is 1. The van der Waals surface area contributed by atoms with E-state index in [0.717, 1.165) is 0 Å². The van der Waals surface area contributed by atoms with Crippen molar-refractivity contribution < 1.29 is 9.90 Å². The second-order valence-electron chi connectivity index (χ2n) is 0.935. The second kappa shape index (κ2) is 4.08. The minimum atomic E-state index is -0.301. The van der Waals surface area contributed by atoms with Crippen LogP contribution in [0.4, 0.5) is 0 Å². The van der Waals surface area contributed by atoms with Crippen LogP contribution in [-0.2, 0) is 4.79 Å². The lowest BCUT2D eigenvalue weighted by Gasteiger charge is -1.99. The molecule has 0 rings (SSSR count). The van der Waals surface area contributed by atoms with Gasteiger partial charge in [0.15, 0.2) is 0 Å². The van der Waals surface area contributed by atoms with E-state index >= 15 is 0 Å². The number of amides is 1. The predicted octanol–water partition coefficient (Wildman–Crippen LogP) is -0.554. The third kappa shape index (κ3) is 3.75. The maximum Gasteiger partial charge on any atom is 0.208 e. The first-order valence-electron chi connectivity index (χ1n) is 1.76. The summed E-state index contributed by atoms with van der Waals surface area (Å²) >= 11 is 2.94. The van der Waals surface area contributed by atoms with Crippen molar-refractivity contribution in [1.82, 2.24) is 5.32 Å². The lowest BCUT2D eigenvalue weighted by atomic mass is 10.7. The molecule has 3 nitrogen and oxygen atoms in total. The van der Waals surface area contributed by atoms with Gasteiger partial charge in [0.05, 0.1) is 6.61 Å². The highest BCUT2D eigenvalue weighted by Crippen LogP contribution is 1.88. The Morgan fingerprint density at radius 2 is 2.57 bits per heavy atom. The molecule has 42 valence electrons. The molecule has 0 fully saturated rings. The molecule has 0 radical (unpaired) electrons. The summed E-state index contributed by atoms with van der Waals surface area (Å²) in [6.07, 6.45) is 0.523. The number of carbonyl (C=O) groups is 1. The molecule has 0 heterocycles. The van der Waals surface area contributed by atoms with Crippen LogP contribution in [0.3, 0.4) is 0 Å². The number of halogens is 1. The van der Waals surface area contributed by atoms with Gasteiger partial charge in [-0.05, 0) is 0 Å². The second-order valence-corrected chi connectivity index (χ2v) is 2.04. The highest BCUT2D eigenvalue weighted by atomic mass is 79.9. The standard InChI is InChI=1S/C3H6BrNO2/c4-3(1-6)5-2-7/h2-3,6H,1H2,(H,5,7). The van der Waals surface area contributed by atoms with E-state index in [1.807, 2.05) is 0 Å². The number of aliphatic hydroxyl groups excluding tert-OH is 1. The van der Waals surface area contributed by atoms with E-state index in [-0.39, 0.29) is 11.6 Å². The highest BCUT2D eigenvalue weighted by molar-refractivity contribution is 9.09. The van der Waals surface area contributed by atoms with Crippen LogP contribution >= 0.6 is 15.9 Å². The van der Waals surface area contributed by atoms with Gasteiger partial charge in [0.25, 0.3) is 0 Å². The smallest absolute Gasteiger partial charge is 0.208 e. The molecule has 2 N–H and O–H groups in total. The molecule has 0 spiro atoms. The molecule has 0 aliphatic carbocycles. The van der Waals surface area contributed by atoms with E-state index in [1.165, 1.54) is 0 Å². The van der Waals surface area contributed by atoms with E-state index in [1.54, 1.807) is 0 Å². The van der Waals surface area contributed by atoms with Crippen LogP contribution in [0.2, 0.25) is 0 Å². The minimum absolute atomic E-state index is 0.0846. The number of hydrogen-bond donors (Lipinski definition) is 2. The molecule has 1 atom stereocenters. The largest absolute Gasteiger partial charge is 0.393 e. The van der Waals surface area contributed by atoms with Gasteiger partial charge in [0.2, 0.25) is 6.41 Å². The maximum atomic E-state index is 9.52. The molecule has 7 heavy (non-hydrogen) atoms. The van der Waals surface area contributed by atoms with E-state index in [9.17, 15) is 4.79 Å². The molecule has 0 saturated carbocycles. The van der Waals surface area contributed by atoms with Gasteiger partial charge in [0.1, 0.15) is 4.95 Å². The Labute approximate surface area is 49.8 Å². The average molecular weight is 168 g/mol. The summed E-state index contributed by atoms with van der Waals surface area (Å²) in [4.78, 5) is 9.22. The van der Waals surface area contributed by atoms with Crippen LogP contribution in [0.25, 0.3) is 0 Å². The Hall–Kier alpha value is -0.0900. The number of rotatable bonds is 3. The molecule has 0 aromatic heterocycles. The zero-order valence-corrected chi connectivity index (χ0v) is 5.18. The van der Waals surface area contributed by atoms with Crippen LogP contribution in [0.5, 0.6) is 0 Å². The lowest BCUT2D eigenvalue weighted by Crippen LogP contribution is -2.24. The Morgan fingerprint density at radius 3 is 2.71 bits per heavy atom. The molecule has 0 aliphatic rings. The lowest BCUT2D eigenvalue weighted by molar-refractivity contribution is -0.109. The summed E-state index contributed by atoms with van der Waals surface area (Å²) in [7, 11) is 0. The number of aliphatic hydroxyl groups is 1. The van der Waals surface area contributed by atoms with E-state index in [0.29, 0.717) is 6.41 Å². The molecular formula is C3H6BrNO2. The van der Waals surface area contributed by atoms with Crippen molar-refractivity contribution >= 4 is 22.3 Å². The van der Waals surface area contributed by atoms with Gasteiger partial charge in [-0.15, -0.1) is 0 Å². The van der Waals surface area contributed by atoms with Crippen LogP contribution in [0.1, 0.15) is 0 Å². The van der Waals surface area contributed by atoms with Crippen molar-refractivity contribution in [1.29, 1.82) is 0 Å². The maximum absolute atomic E-state index is 9.52. The summed E-state index contributed by atoms with van der Waals surface area (Å²) in [5.74, 6) is 0. The third-order valence-electron chi connectivity index (χ3n) is 0.409. The van der Waals surface area contributed by atoms with Crippen molar-refractivity contribution in [2.75, 3.05) is 6.61 Å². The molecule has 0 aliphatic heterocycles. The van der Waals surface area contributed by atoms with Gasteiger partial charge >= 0.3 is 0 Å². The molecule has 0 saturated heterocycles. The van der Waals surface area contributed by atoms with Gasteiger partial charge in [-0.3, -0.25) is 4.79 Å². The summed E-state index contributed by atoms with van der Waals surface area (Å²) in [6, 6.07) is 0. The molecule has 1 unspecified atom stereocenters. The van der Waals surface area contributed by atoms with Crippen LogP contribution in [-0.4, -0.2) is 23.1 Å². The number of hydrogen-bond acceptors (Lipinski definition) is 2. The Balaban J connectivity index is 2.98. The summed E-state index contributed by atoms with van der Waals surface area (Å²) < 4.78 is 0. The fourth-order valence-corrected chi connectivity index (χ4v) is 0.234. The van der Waals surface area contributed by atoms with E-state index in [4.69, 9.17) is 5.11 Å². The molecular weight excluding hydrogens is 162 g/mol. The minimum Gasteiger partial charge on any atom is -0.393 e. The SMILES string of the molecule is O=CNC(Br)CO. The highest BCUT2D eigenvalue weighted by Gasteiger charge is 1.93. The van der Waals surface area contributed by atoms with Crippen molar-refractivity contribution in [3.63, 3.8) is 0 Å². The van der Waals surface area contributed by atoms with Crippen molar-refractivity contribution in [2.45, 2.75) is 4.95 Å². The normalized spacial score (nSPS) is 12.9. The quantitative estimate of drug-likeness (QED) is 0.337. The predicted molar refractivity (Wildman–Crippen MR) is 29.0 cm³/mol. The molecule has 0 aromatic carbocycles. The van der Waals surface area contributed by atoms with Gasteiger partial charge < -0.3 is 10.4 Å². The molecule has 1 amide bonds. The average Bonchev–Trinajstić information content (AvgIpc) is 1.68. The molecule has 0 aromatic rings. The topological polar surface area (TPSA) is 49.3 Å².